The third-order valence-corrected chi connectivity index (χ3v) is 10.7. The average Bonchev–Trinajstić information content (AvgIpc) is 3.88. The number of rotatable bonds is 10. The number of fused-ring (bicyclic) bond motifs is 3. The summed E-state index contributed by atoms with van der Waals surface area (Å²) in [5.74, 6) is -2.26. The van der Waals surface area contributed by atoms with E-state index in [9.17, 15) is 9.18 Å². The second-order valence-electron chi connectivity index (χ2n) is 12.8. The maximum atomic E-state index is 15.6. The lowest BCUT2D eigenvalue weighted by Gasteiger charge is -2.22. The van der Waals surface area contributed by atoms with Crippen molar-refractivity contribution in [3.8, 4) is 27.6 Å². The van der Waals surface area contributed by atoms with Gasteiger partial charge in [0.1, 0.15) is 23.4 Å². The van der Waals surface area contributed by atoms with Crippen molar-refractivity contribution in [1.29, 1.82) is 0 Å². The molecule has 2 aliphatic rings. The van der Waals surface area contributed by atoms with Gasteiger partial charge in [0.2, 0.25) is 11.8 Å². The van der Waals surface area contributed by atoms with Gasteiger partial charge in [-0.3, -0.25) is 9.78 Å². The highest BCUT2D eigenvalue weighted by atomic mass is 32.1. The van der Waals surface area contributed by atoms with Gasteiger partial charge in [0.25, 0.3) is 11.8 Å². The SMILES string of the molecule is CCCN1Cc2nc(CCc3ccc(F)cc3)c(-c3nnc(C)o3)c(-c3cc4ccnc(NC5c6cccc(OC)c6CC5(F)F)c4s3)c2C1=O. The average molecular weight is 711 g/mol. The van der Waals surface area contributed by atoms with Crippen LogP contribution in [0.2, 0.25) is 0 Å². The van der Waals surface area contributed by atoms with Gasteiger partial charge in [0.15, 0.2) is 0 Å². The van der Waals surface area contributed by atoms with Crippen LogP contribution in [0.4, 0.5) is 19.0 Å². The first kappa shape index (κ1) is 32.9. The molecule has 260 valence electrons. The first-order chi connectivity index (χ1) is 24.6. The number of thiophene rings is 1. The van der Waals surface area contributed by atoms with E-state index in [0.29, 0.717) is 92.2 Å². The Morgan fingerprint density at radius 3 is 2.65 bits per heavy atom. The van der Waals surface area contributed by atoms with Crippen LogP contribution in [-0.2, 0) is 25.8 Å². The Morgan fingerprint density at radius 1 is 1.08 bits per heavy atom. The lowest BCUT2D eigenvalue weighted by atomic mass is 9.94. The van der Waals surface area contributed by atoms with Gasteiger partial charge in [-0.1, -0.05) is 31.2 Å². The number of carbonyl (C=O) groups is 1. The number of carbonyl (C=O) groups excluding carboxylic acids is 1. The third kappa shape index (κ3) is 5.78. The van der Waals surface area contributed by atoms with Gasteiger partial charge >= 0.3 is 0 Å². The fourth-order valence-electron chi connectivity index (χ4n) is 7.17. The largest absolute Gasteiger partial charge is 0.496 e. The van der Waals surface area contributed by atoms with E-state index < -0.39 is 18.4 Å². The lowest BCUT2D eigenvalue weighted by molar-refractivity contribution is -0.00734. The first-order valence-corrected chi connectivity index (χ1v) is 17.6. The fourth-order valence-corrected chi connectivity index (χ4v) is 8.34. The number of pyridine rings is 2. The summed E-state index contributed by atoms with van der Waals surface area (Å²) in [5, 5.41) is 12.3. The van der Waals surface area contributed by atoms with Crippen molar-refractivity contribution in [1.82, 2.24) is 25.1 Å². The molecule has 6 aromatic rings. The summed E-state index contributed by atoms with van der Waals surface area (Å²) < 4.78 is 57.0. The number of aryl methyl sites for hydroxylation is 3. The van der Waals surface area contributed by atoms with Crippen LogP contribution in [0.3, 0.4) is 0 Å². The molecule has 1 N–H and O–H groups in total. The molecule has 51 heavy (non-hydrogen) atoms. The quantitative estimate of drug-likeness (QED) is 0.151. The van der Waals surface area contributed by atoms with Crippen LogP contribution in [0, 0.1) is 12.7 Å². The van der Waals surface area contributed by atoms with Gasteiger partial charge in [-0.25, -0.2) is 18.2 Å². The summed E-state index contributed by atoms with van der Waals surface area (Å²) in [7, 11) is 1.48. The van der Waals surface area contributed by atoms with E-state index in [-0.39, 0.29) is 17.6 Å². The highest BCUT2D eigenvalue weighted by Crippen LogP contribution is 2.50. The van der Waals surface area contributed by atoms with E-state index in [1.165, 1.54) is 30.6 Å². The molecule has 0 saturated heterocycles. The van der Waals surface area contributed by atoms with Crippen molar-refractivity contribution in [3.05, 3.63) is 106 Å². The topological polar surface area (TPSA) is 106 Å². The van der Waals surface area contributed by atoms with Crippen molar-refractivity contribution < 1.29 is 27.1 Å². The van der Waals surface area contributed by atoms with E-state index in [1.54, 1.807) is 48.4 Å². The minimum absolute atomic E-state index is 0.151. The predicted molar refractivity (Wildman–Crippen MR) is 188 cm³/mol. The number of nitrogens with zero attached hydrogens (tertiary/aromatic N) is 5. The molecule has 1 aliphatic heterocycles. The number of halogens is 3. The van der Waals surface area contributed by atoms with Gasteiger partial charge in [0, 0.05) is 42.1 Å². The van der Waals surface area contributed by atoms with Crippen molar-refractivity contribution in [2.75, 3.05) is 19.0 Å². The van der Waals surface area contributed by atoms with Crippen LogP contribution < -0.4 is 10.1 Å². The van der Waals surface area contributed by atoms with Crippen LogP contribution in [0.5, 0.6) is 5.75 Å². The van der Waals surface area contributed by atoms with Crippen molar-refractivity contribution in [3.63, 3.8) is 0 Å². The number of nitrogens with one attached hydrogen (secondary N) is 1. The lowest BCUT2D eigenvalue weighted by Crippen LogP contribution is -2.28. The smallest absolute Gasteiger partial charge is 0.276 e. The second-order valence-corrected chi connectivity index (χ2v) is 13.9. The second kappa shape index (κ2) is 12.8. The molecular weight excluding hydrogens is 678 g/mol. The number of anilines is 1. The van der Waals surface area contributed by atoms with Crippen molar-refractivity contribution in [2.45, 2.75) is 58.0 Å². The zero-order valence-electron chi connectivity index (χ0n) is 28.1. The minimum atomic E-state index is -3.09. The van der Waals surface area contributed by atoms with Crippen LogP contribution in [-0.4, -0.2) is 50.5 Å². The third-order valence-electron chi connectivity index (χ3n) is 9.48. The van der Waals surface area contributed by atoms with E-state index in [4.69, 9.17) is 14.1 Å². The van der Waals surface area contributed by atoms with E-state index in [1.807, 2.05) is 19.1 Å². The van der Waals surface area contributed by atoms with Crippen LogP contribution in [0.1, 0.15) is 63.7 Å². The molecule has 1 aliphatic carbocycles. The summed E-state index contributed by atoms with van der Waals surface area (Å²) in [6.07, 6.45) is 2.89. The monoisotopic (exact) mass is 710 g/mol. The number of aromatic nitrogens is 4. The molecule has 4 aromatic heterocycles. The van der Waals surface area contributed by atoms with Gasteiger partial charge in [-0.2, -0.15) is 0 Å². The molecule has 0 radical (unpaired) electrons. The minimum Gasteiger partial charge on any atom is -0.496 e. The fraction of sp³-hybridized carbons (Fsp3) is 0.289. The molecular formula is C38H33F3N6O3S. The molecule has 1 atom stereocenters. The molecule has 0 spiro atoms. The summed E-state index contributed by atoms with van der Waals surface area (Å²) in [5.41, 5.74) is 4.76. The Kier molecular flexibility index (Phi) is 8.24. The molecule has 1 amide bonds. The Bertz CT molecular complexity index is 2300. The number of benzene rings is 2. The molecule has 13 heteroatoms. The summed E-state index contributed by atoms with van der Waals surface area (Å²) in [6, 6.07) is 13.9. The first-order valence-electron chi connectivity index (χ1n) is 16.7. The highest BCUT2D eigenvalue weighted by Gasteiger charge is 2.49. The zero-order chi connectivity index (χ0) is 35.4. The van der Waals surface area contributed by atoms with Gasteiger partial charge in [-0.15, -0.1) is 21.5 Å². The van der Waals surface area contributed by atoms with Crippen LogP contribution in [0.25, 0.3) is 32.0 Å². The maximum absolute atomic E-state index is 15.6. The number of ether oxygens (including phenoxy) is 1. The Labute approximate surface area is 295 Å². The number of amides is 1. The summed E-state index contributed by atoms with van der Waals surface area (Å²) in [4.78, 5) is 26.2. The number of hydrogen-bond donors (Lipinski definition) is 1. The number of methoxy groups -OCH3 is 1. The van der Waals surface area contributed by atoms with Crippen LogP contribution in [0.15, 0.2) is 65.2 Å². The predicted octanol–water partition coefficient (Wildman–Crippen LogP) is 8.36. The molecule has 0 fully saturated rings. The van der Waals surface area contributed by atoms with Gasteiger partial charge in [-0.05, 0) is 66.1 Å². The number of hydrogen-bond acceptors (Lipinski definition) is 9. The van der Waals surface area contributed by atoms with Crippen molar-refractivity contribution >= 4 is 33.1 Å². The maximum Gasteiger partial charge on any atom is 0.276 e. The highest BCUT2D eigenvalue weighted by molar-refractivity contribution is 7.23. The Morgan fingerprint density at radius 2 is 1.90 bits per heavy atom. The molecule has 9 nitrogen and oxygen atoms in total. The normalized spacial score (nSPS) is 16.2. The molecule has 2 aromatic carbocycles. The number of alkyl halides is 2. The van der Waals surface area contributed by atoms with E-state index >= 15 is 8.78 Å². The molecule has 8 rings (SSSR count). The standard InChI is InChI=1S/C38H33F3N6O3S/c1-4-16-47-19-27-31(37(47)48)32(30(36-46-45-20(2)50-36)26(43-27)13-10-21-8-11-23(39)12-9-21)29-17-22-14-15-42-35(33(22)51-29)44-34-24-6-5-7-28(49-3)25(24)18-38(34,40)41/h5-9,11-12,14-15,17,34H,4,10,13,16,18-19H2,1-3H3,(H,42,44). The van der Waals surface area contributed by atoms with Gasteiger partial charge < -0.3 is 19.4 Å². The van der Waals surface area contributed by atoms with E-state index in [2.05, 4.69) is 20.5 Å². The summed E-state index contributed by atoms with van der Waals surface area (Å²) >= 11 is 1.35. The molecule has 5 heterocycles. The van der Waals surface area contributed by atoms with E-state index in [0.717, 1.165) is 17.4 Å². The van der Waals surface area contributed by atoms with Crippen molar-refractivity contribution in [2.24, 2.45) is 0 Å². The zero-order valence-corrected chi connectivity index (χ0v) is 28.9. The molecule has 0 saturated carbocycles. The Hall–Kier alpha value is -5.30. The van der Waals surface area contributed by atoms with Crippen LogP contribution >= 0.6 is 11.3 Å². The summed E-state index contributed by atoms with van der Waals surface area (Å²) in [6.45, 7) is 4.61. The molecule has 1 unspecified atom stereocenters. The Balaban J connectivity index is 1.29. The van der Waals surface area contributed by atoms with Gasteiger partial charge in [0.05, 0.1) is 40.9 Å². The molecule has 0 bridgehead atoms.